The van der Waals surface area contributed by atoms with E-state index in [9.17, 15) is 0 Å². The molecule has 0 nitrogen and oxygen atoms in total. The molecule has 0 aliphatic heterocycles. The summed E-state index contributed by atoms with van der Waals surface area (Å²) in [6, 6.07) is 11.6. The van der Waals surface area contributed by atoms with Crippen molar-refractivity contribution in [2.45, 2.75) is 143 Å². The first-order valence-corrected chi connectivity index (χ1v) is 17.2. The van der Waals surface area contributed by atoms with Gasteiger partial charge in [-0.05, 0) is 44.1 Å². The molecule has 0 radical (unpaired) electrons. The van der Waals surface area contributed by atoms with Gasteiger partial charge in [0.2, 0.25) is 0 Å². The third-order valence-electron chi connectivity index (χ3n) is 7.32. The molecule has 1 aromatic rings. The predicted octanol–water partition coefficient (Wildman–Crippen LogP) is 11.9. The van der Waals surface area contributed by atoms with Gasteiger partial charge >= 0.3 is 0 Å². The van der Waals surface area contributed by atoms with E-state index in [0.29, 0.717) is 0 Å². The Bertz CT molecular complexity index is 465. The van der Waals surface area contributed by atoms with Crippen LogP contribution in [0.4, 0.5) is 0 Å². The highest BCUT2D eigenvalue weighted by Gasteiger charge is 2.35. The molecule has 0 fully saturated rings. The van der Waals surface area contributed by atoms with Crippen LogP contribution in [-0.2, 0) is 6.16 Å². The molecule has 1 aromatic carbocycles. The summed E-state index contributed by atoms with van der Waals surface area (Å²) in [5.74, 6) is 0. The second-order valence-electron chi connectivity index (χ2n) is 10.5. The minimum absolute atomic E-state index is 0. The maximum atomic E-state index is 2.42. The Morgan fingerprint density at radius 1 is 0.471 bits per heavy atom. The molecular formula is C31H62BrP2+. The van der Waals surface area contributed by atoms with E-state index in [-0.39, 0.29) is 26.9 Å². The fourth-order valence-corrected chi connectivity index (χ4v) is 10.0. The molecule has 0 N–H and O–H groups in total. The lowest BCUT2D eigenvalue weighted by Crippen LogP contribution is -2.12. The van der Waals surface area contributed by atoms with Crippen molar-refractivity contribution in [3.63, 3.8) is 0 Å². The molecule has 0 saturated heterocycles. The molecule has 0 heterocycles. The molecule has 1 atom stereocenters. The van der Waals surface area contributed by atoms with Gasteiger partial charge in [0.15, 0.2) is 0 Å². The molecule has 0 bridgehead atoms. The summed E-state index contributed by atoms with van der Waals surface area (Å²) >= 11 is 0. The molecular weight excluding hydrogens is 514 g/mol. The van der Waals surface area contributed by atoms with Gasteiger partial charge in [0.25, 0.3) is 0 Å². The highest BCUT2D eigenvalue weighted by molar-refractivity contribution is 8.93. The number of hydrogen-bond acceptors (Lipinski definition) is 0. The van der Waals surface area contributed by atoms with E-state index in [0.717, 1.165) is 0 Å². The largest absolute Gasteiger partial charge is 0.153 e. The number of unbranched alkanes of at least 4 members (excludes halogenated alkanes) is 15. The second-order valence-corrected chi connectivity index (χ2v) is 14.8. The highest BCUT2D eigenvalue weighted by atomic mass is 79.9. The molecule has 0 saturated carbocycles. The van der Waals surface area contributed by atoms with Crippen molar-refractivity contribution in [2.75, 3.05) is 18.5 Å². The van der Waals surface area contributed by atoms with E-state index in [4.69, 9.17) is 0 Å². The van der Waals surface area contributed by atoms with Crippen molar-refractivity contribution in [1.82, 2.24) is 0 Å². The van der Waals surface area contributed by atoms with E-state index in [2.05, 4.69) is 51.1 Å². The smallest absolute Gasteiger partial charge is 0.0842 e. The molecule has 0 aliphatic carbocycles. The summed E-state index contributed by atoms with van der Waals surface area (Å²) in [5, 5.41) is 0. The van der Waals surface area contributed by atoms with Crippen LogP contribution in [0.5, 0.6) is 0 Å². The van der Waals surface area contributed by atoms with Crippen molar-refractivity contribution in [3.05, 3.63) is 35.9 Å². The normalized spacial score (nSPS) is 11.1. The first-order chi connectivity index (χ1) is 15.8. The number of hydrogen-bond donors (Lipinski definition) is 0. The monoisotopic (exact) mass is 575 g/mol. The molecule has 34 heavy (non-hydrogen) atoms. The Labute approximate surface area is 230 Å². The molecule has 0 spiro atoms. The third-order valence-corrected chi connectivity index (χ3v) is 12.1. The summed E-state index contributed by atoms with van der Waals surface area (Å²) in [6.45, 7) is 6.99. The maximum absolute atomic E-state index is 2.42. The van der Waals surface area contributed by atoms with Crippen LogP contribution in [0.15, 0.2) is 30.3 Å². The van der Waals surface area contributed by atoms with Gasteiger partial charge in [0.05, 0.1) is 24.6 Å². The van der Waals surface area contributed by atoms with E-state index < -0.39 is 7.26 Å². The summed E-state index contributed by atoms with van der Waals surface area (Å²) in [6.07, 6.45) is 32.2. The fraction of sp³-hybridized carbons (Fsp3) is 0.806. The van der Waals surface area contributed by atoms with Crippen LogP contribution >= 0.6 is 34.1 Å². The van der Waals surface area contributed by atoms with Gasteiger partial charge in [-0.25, -0.2) is 0 Å². The van der Waals surface area contributed by atoms with Gasteiger partial charge in [-0.15, -0.1) is 17.0 Å². The molecule has 1 rings (SSSR count). The van der Waals surface area contributed by atoms with Crippen LogP contribution in [0.3, 0.4) is 0 Å². The van der Waals surface area contributed by atoms with Gasteiger partial charge in [-0.3, -0.25) is 0 Å². The molecule has 0 aromatic heterocycles. The average Bonchev–Trinajstić information content (AvgIpc) is 2.81. The van der Waals surface area contributed by atoms with Crippen molar-refractivity contribution in [3.8, 4) is 0 Å². The Morgan fingerprint density at radius 3 is 1.15 bits per heavy atom. The Kier molecular flexibility index (Phi) is 28.7. The van der Waals surface area contributed by atoms with E-state index in [1.54, 1.807) is 24.0 Å². The van der Waals surface area contributed by atoms with Gasteiger partial charge in [-0.1, -0.05) is 128 Å². The fourth-order valence-electron chi connectivity index (χ4n) is 5.23. The third kappa shape index (κ3) is 19.7. The van der Waals surface area contributed by atoms with Crippen LogP contribution in [0, 0.1) is 0 Å². The lowest BCUT2D eigenvalue weighted by atomic mass is 10.1. The van der Waals surface area contributed by atoms with Gasteiger partial charge in [0.1, 0.15) is 0 Å². The zero-order valence-corrected chi connectivity index (χ0v) is 27.5. The SMILES string of the molecule is Br.CCCCCCCC[P+](CCCCCCCC)(CCCCCCCC)Cc1ccccc1.P. The van der Waals surface area contributed by atoms with Crippen molar-refractivity contribution >= 4 is 34.1 Å². The molecule has 0 amide bonds. The van der Waals surface area contributed by atoms with Crippen LogP contribution in [0.25, 0.3) is 0 Å². The quantitative estimate of drug-likeness (QED) is 0.0898. The Hall–Kier alpha value is 0.560. The molecule has 202 valence electrons. The molecule has 1 unspecified atom stereocenters. The number of halogens is 1. The average molecular weight is 577 g/mol. The van der Waals surface area contributed by atoms with Crippen molar-refractivity contribution in [1.29, 1.82) is 0 Å². The minimum Gasteiger partial charge on any atom is -0.153 e. The van der Waals surface area contributed by atoms with Crippen LogP contribution in [-0.4, -0.2) is 18.5 Å². The van der Waals surface area contributed by atoms with Gasteiger partial charge in [-0.2, -0.15) is 9.90 Å². The first kappa shape index (κ1) is 36.7. The minimum atomic E-state index is -0.885. The summed E-state index contributed by atoms with van der Waals surface area (Å²) in [5.41, 5.74) is 1.63. The maximum Gasteiger partial charge on any atom is 0.0842 e. The van der Waals surface area contributed by atoms with Crippen LogP contribution < -0.4 is 0 Å². The summed E-state index contributed by atoms with van der Waals surface area (Å²) in [4.78, 5) is 0. The standard InChI is InChI=1S/C31H58P.BrH.H3P/c1-4-7-10-13-16-22-27-32(28-23-17-14-11-8-5-2,29-24-18-15-12-9-6-3)30-31-25-20-19-21-26-31;;/h19-21,25-26H,4-18,22-24,27-30H2,1-3H3;1H;1H3/q+1;;. The summed E-state index contributed by atoms with van der Waals surface area (Å²) < 4.78 is 0. The first-order valence-electron chi connectivity index (χ1n) is 14.7. The van der Waals surface area contributed by atoms with Crippen LogP contribution in [0.1, 0.15) is 142 Å². The van der Waals surface area contributed by atoms with E-state index >= 15 is 0 Å². The van der Waals surface area contributed by atoms with E-state index in [1.807, 2.05) is 0 Å². The number of rotatable bonds is 23. The van der Waals surface area contributed by atoms with Crippen molar-refractivity contribution in [2.24, 2.45) is 0 Å². The second kappa shape index (κ2) is 26.6. The lowest BCUT2D eigenvalue weighted by Gasteiger charge is -2.28. The van der Waals surface area contributed by atoms with Crippen LogP contribution in [0.2, 0.25) is 0 Å². The lowest BCUT2D eigenvalue weighted by molar-refractivity contribution is 0.615. The van der Waals surface area contributed by atoms with Gasteiger partial charge < -0.3 is 0 Å². The molecule has 3 heteroatoms. The van der Waals surface area contributed by atoms with Gasteiger partial charge in [0, 0.05) is 7.26 Å². The zero-order chi connectivity index (χ0) is 23.2. The summed E-state index contributed by atoms with van der Waals surface area (Å²) in [7, 11) is -0.885. The topological polar surface area (TPSA) is 0 Å². The Balaban J connectivity index is 0. The van der Waals surface area contributed by atoms with E-state index in [1.165, 1.54) is 122 Å². The zero-order valence-electron chi connectivity index (χ0n) is 23.5. The highest BCUT2D eigenvalue weighted by Crippen LogP contribution is 2.63. The number of benzene rings is 1. The van der Waals surface area contributed by atoms with Crippen molar-refractivity contribution < 1.29 is 0 Å². The molecule has 0 aliphatic rings. The predicted molar refractivity (Wildman–Crippen MR) is 173 cm³/mol. The Morgan fingerprint density at radius 2 is 0.794 bits per heavy atom.